The zero-order valence-corrected chi connectivity index (χ0v) is 13.9. The number of carbonyl (C=O) groups excluding carboxylic acids is 1. The van der Waals surface area contributed by atoms with Crippen LogP contribution in [0.2, 0.25) is 0 Å². The molecule has 0 aliphatic heterocycles. The lowest BCUT2D eigenvalue weighted by Crippen LogP contribution is -2.27. The van der Waals surface area contributed by atoms with E-state index in [1.54, 1.807) is 19.1 Å². The van der Waals surface area contributed by atoms with Gasteiger partial charge in [0.15, 0.2) is 0 Å². The number of hydrogen-bond donors (Lipinski definition) is 1. The minimum Gasteiger partial charge on any atom is -0.345 e. The Bertz CT molecular complexity index is 867. The summed E-state index contributed by atoms with van der Waals surface area (Å²) >= 11 is 0. The number of nitrogens with zero attached hydrogens (tertiary/aromatic N) is 2. The van der Waals surface area contributed by atoms with Crippen molar-refractivity contribution in [1.82, 2.24) is 5.32 Å². The van der Waals surface area contributed by atoms with Gasteiger partial charge in [-0.3, -0.25) is 14.9 Å². The summed E-state index contributed by atoms with van der Waals surface area (Å²) < 4.78 is 0. The molecule has 1 N–H and O–H groups in total. The smallest absolute Gasteiger partial charge is 0.272 e. The van der Waals surface area contributed by atoms with E-state index in [1.165, 1.54) is 12.1 Å². The van der Waals surface area contributed by atoms with Crippen molar-refractivity contribution in [3.8, 4) is 6.07 Å². The van der Waals surface area contributed by atoms with Crippen LogP contribution in [-0.4, -0.2) is 10.8 Å². The second-order valence-electron chi connectivity index (χ2n) is 5.58. The Kier molecular flexibility index (Phi) is 5.64. The van der Waals surface area contributed by atoms with Crippen molar-refractivity contribution < 1.29 is 9.72 Å². The number of nitro groups is 1. The maximum atomic E-state index is 12.3. The lowest BCUT2D eigenvalue weighted by molar-refractivity contribution is -0.385. The molecule has 6 nitrogen and oxygen atoms in total. The van der Waals surface area contributed by atoms with Crippen LogP contribution in [0, 0.1) is 28.4 Å². The largest absolute Gasteiger partial charge is 0.345 e. The number of hydrogen-bond acceptors (Lipinski definition) is 4. The maximum absolute atomic E-state index is 12.3. The van der Waals surface area contributed by atoms with E-state index in [1.807, 2.05) is 43.3 Å². The van der Waals surface area contributed by atoms with E-state index in [0.717, 1.165) is 5.56 Å². The Morgan fingerprint density at radius 3 is 2.56 bits per heavy atom. The first-order valence-corrected chi connectivity index (χ1v) is 7.65. The third-order valence-electron chi connectivity index (χ3n) is 3.75. The van der Waals surface area contributed by atoms with Crippen LogP contribution in [0.3, 0.4) is 0 Å². The van der Waals surface area contributed by atoms with Gasteiger partial charge in [-0.15, -0.1) is 0 Å². The Hall–Kier alpha value is -3.46. The molecule has 0 aromatic heterocycles. The first-order valence-electron chi connectivity index (χ1n) is 7.65. The second kappa shape index (κ2) is 7.88. The van der Waals surface area contributed by atoms with E-state index >= 15 is 0 Å². The molecule has 126 valence electrons. The minimum atomic E-state index is -0.526. The van der Waals surface area contributed by atoms with E-state index in [4.69, 9.17) is 0 Å². The van der Waals surface area contributed by atoms with Gasteiger partial charge in [0, 0.05) is 11.6 Å². The third-order valence-corrected chi connectivity index (χ3v) is 3.75. The monoisotopic (exact) mass is 335 g/mol. The van der Waals surface area contributed by atoms with Crippen LogP contribution in [0.4, 0.5) is 5.69 Å². The molecular weight excluding hydrogens is 318 g/mol. The normalized spacial score (nSPS) is 12.1. The van der Waals surface area contributed by atoms with Crippen molar-refractivity contribution in [2.45, 2.75) is 19.9 Å². The molecular formula is C19H17N3O3. The topological polar surface area (TPSA) is 96.0 Å². The van der Waals surface area contributed by atoms with Crippen LogP contribution in [0.25, 0.3) is 6.08 Å². The Morgan fingerprint density at radius 1 is 1.28 bits per heavy atom. The zero-order valence-electron chi connectivity index (χ0n) is 13.9. The average molecular weight is 335 g/mol. The Labute approximate surface area is 145 Å². The Morgan fingerprint density at radius 2 is 1.96 bits per heavy atom. The summed E-state index contributed by atoms with van der Waals surface area (Å²) in [6.07, 6.45) is 1.35. The quantitative estimate of drug-likeness (QED) is 0.390. The molecule has 0 saturated heterocycles. The zero-order chi connectivity index (χ0) is 18.4. The number of amides is 1. The van der Waals surface area contributed by atoms with Gasteiger partial charge in [0.1, 0.15) is 11.6 Å². The lowest BCUT2D eigenvalue weighted by atomic mass is 10.1. The molecule has 0 unspecified atom stereocenters. The van der Waals surface area contributed by atoms with Crippen molar-refractivity contribution in [3.05, 3.63) is 80.9 Å². The van der Waals surface area contributed by atoms with Gasteiger partial charge in [-0.25, -0.2) is 0 Å². The highest BCUT2D eigenvalue weighted by molar-refractivity contribution is 6.01. The van der Waals surface area contributed by atoms with Crippen molar-refractivity contribution in [1.29, 1.82) is 5.26 Å². The number of carbonyl (C=O) groups is 1. The van der Waals surface area contributed by atoms with Crippen LogP contribution in [0.5, 0.6) is 0 Å². The standard InChI is InChI=1S/C19H17N3O3/c1-13-8-9-15(11-18(13)22(24)25)10-17(12-20)19(23)21-14(2)16-6-4-3-5-7-16/h3-11,14H,1-2H3,(H,21,23)/b17-10+/t14-/m0/s1. The maximum Gasteiger partial charge on any atom is 0.272 e. The van der Waals surface area contributed by atoms with Crippen LogP contribution in [0.15, 0.2) is 54.1 Å². The van der Waals surface area contributed by atoms with Crippen LogP contribution in [-0.2, 0) is 4.79 Å². The summed E-state index contributed by atoms with van der Waals surface area (Å²) in [4.78, 5) is 22.8. The van der Waals surface area contributed by atoms with Gasteiger partial charge in [0.25, 0.3) is 11.6 Å². The van der Waals surface area contributed by atoms with E-state index < -0.39 is 10.8 Å². The predicted octanol–water partition coefficient (Wildman–Crippen LogP) is 3.69. The van der Waals surface area contributed by atoms with E-state index in [-0.39, 0.29) is 17.3 Å². The molecule has 6 heteroatoms. The summed E-state index contributed by atoms with van der Waals surface area (Å²) in [5, 5.41) is 23.0. The average Bonchev–Trinajstić information content (AvgIpc) is 2.61. The molecule has 0 aliphatic carbocycles. The van der Waals surface area contributed by atoms with Crippen molar-refractivity contribution in [3.63, 3.8) is 0 Å². The van der Waals surface area contributed by atoms with E-state index in [9.17, 15) is 20.2 Å². The SMILES string of the molecule is Cc1ccc(/C=C(\C#N)C(=O)N[C@@H](C)c2ccccc2)cc1[N+](=O)[O-]. The van der Waals surface area contributed by atoms with Gasteiger partial charge >= 0.3 is 0 Å². The molecule has 1 atom stereocenters. The highest BCUT2D eigenvalue weighted by atomic mass is 16.6. The molecule has 25 heavy (non-hydrogen) atoms. The van der Waals surface area contributed by atoms with Crippen molar-refractivity contribution >= 4 is 17.7 Å². The fourth-order valence-electron chi connectivity index (χ4n) is 2.33. The van der Waals surface area contributed by atoms with Gasteiger partial charge in [-0.2, -0.15) is 5.26 Å². The fraction of sp³-hybridized carbons (Fsp3) is 0.158. The molecule has 0 aliphatic rings. The number of aryl methyl sites for hydroxylation is 1. The molecule has 0 saturated carbocycles. The lowest BCUT2D eigenvalue weighted by Gasteiger charge is -2.13. The molecule has 0 fully saturated rings. The number of nitrogens with one attached hydrogen (secondary N) is 1. The first-order chi connectivity index (χ1) is 11.9. The number of nitro benzene ring substituents is 1. The van der Waals surface area contributed by atoms with Crippen LogP contribution < -0.4 is 5.32 Å². The van der Waals surface area contributed by atoms with Gasteiger partial charge in [0.05, 0.1) is 11.0 Å². The van der Waals surface area contributed by atoms with Crippen molar-refractivity contribution in [2.75, 3.05) is 0 Å². The summed E-state index contributed by atoms with van der Waals surface area (Å²) in [7, 11) is 0. The highest BCUT2D eigenvalue weighted by Gasteiger charge is 2.15. The first kappa shape index (κ1) is 17.9. The number of rotatable bonds is 5. The number of nitriles is 1. The van der Waals surface area contributed by atoms with Gasteiger partial charge in [0.2, 0.25) is 0 Å². The molecule has 2 aromatic carbocycles. The number of benzene rings is 2. The minimum absolute atomic E-state index is 0.0518. The van der Waals surface area contributed by atoms with E-state index in [2.05, 4.69) is 5.32 Å². The van der Waals surface area contributed by atoms with Crippen LogP contribution >= 0.6 is 0 Å². The van der Waals surface area contributed by atoms with E-state index in [0.29, 0.717) is 11.1 Å². The predicted molar refractivity (Wildman–Crippen MR) is 94.4 cm³/mol. The Balaban J connectivity index is 2.23. The van der Waals surface area contributed by atoms with Gasteiger partial charge < -0.3 is 5.32 Å². The molecule has 0 bridgehead atoms. The fourth-order valence-corrected chi connectivity index (χ4v) is 2.33. The van der Waals surface area contributed by atoms with Gasteiger partial charge in [-0.05, 0) is 31.1 Å². The summed E-state index contributed by atoms with van der Waals surface area (Å²) in [5.74, 6) is -0.526. The second-order valence-corrected chi connectivity index (χ2v) is 5.58. The summed E-state index contributed by atoms with van der Waals surface area (Å²) in [6, 6.07) is 15.5. The molecule has 2 rings (SSSR count). The van der Waals surface area contributed by atoms with Gasteiger partial charge in [-0.1, -0.05) is 42.5 Å². The molecule has 2 aromatic rings. The van der Waals surface area contributed by atoms with Crippen molar-refractivity contribution in [2.24, 2.45) is 0 Å². The summed E-state index contributed by atoms with van der Waals surface area (Å²) in [6.45, 7) is 3.45. The molecule has 0 radical (unpaired) electrons. The third kappa shape index (κ3) is 4.52. The highest BCUT2D eigenvalue weighted by Crippen LogP contribution is 2.21. The van der Waals surface area contributed by atoms with Crippen LogP contribution in [0.1, 0.15) is 29.7 Å². The summed E-state index contributed by atoms with van der Waals surface area (Å²) in [5.41, 5.74) is 1.70. The molecule has 0 spiro atoms. The molecule has 1 amide bonds. The molecule has 0 heterocycles.